The average Bonchev–Trinajstić information content (AvgIpc) is 2.34. The maximum atomic E-state index is 5.81. The molecule has 3 heteroatoms. The molecule has 0 aliphatic rings. The standard InChI is InChI=1S/C13H21NO2/c1-3-9-15-12-7-5-6-8-13(12)16-10-11(14)4-2/h5-8,11H,3-4,9-10,14H2,1-2H3. The van der Waals surface area contributed by atoms with Gasteiger partial charge >= 0.3 is 0 Å². The van der Waals surface area contributed by atoms with Crippen LogP contribution in [0.5, 0.6) is 11.5 Å². The van der Waals surface area contributed by atoms with Gasteiger partial charge in [-0.3, -0.25) is 0 Å². The van der Waals surface area contributed by atoms with Crippen LogP contribution >= 0.6 is 0 Å². The molecule has 1 unspecified atom stereocenters. The van der Waals surface area contributed by atoms with Crippen molar-refractivity contribution >= 4 is 0 Å². The van der Waals surface area contributed by atoms with E-state index in [4.69, 9.17) is 15.2 Å². The third kappa shape index (κ3) is 4.11. The van der Waals surface area contributed by atoms with Crippen molar-refractivity contribution in [3.8, 4) is 11.5 Å². The molecular formula is C13H21NO2. The molecule has 0 aliphatic heterocycles. The summed E-state index contributed by atoms with van der Waals surface area (Å²) in [6.45, 7) is 5.37. The number of ether oxygens (including phenoxy) is 2. The summed E-state index contributed by atoms with van der Waals surface area (Å²) in [6.07, 6.45) is 1.90. The van der Waals surface area contributed by atoms with Crippen LogP contribution in [0.1, 0.15) is 26.7 Å². The fourth-order valence-electron chi connectivity index (χ4n) is 1.22. The number of hydrogen-bond acceptors (Lipinski definition) is 3. The van der Waals surface area contributed by atoms with Crippen LogP contribution in [0.15, 0.2) is 24.3 Å². The van der Waals surface area contributed by atoms with Crippen molar-refractivity contribution in [1.82, 2.24) is 0 Å². The van der Waals surface area contributed by atoms with Crippen LogP contribution in [0, 0.1) is 0 Å². The highest BCUT2D eigenvalue weighted by atomic mass is 16.5. The average molecular weight is 223 g/mol. The number of benzene rings is 1. The SMILES string of the molecule is CCCOc1ccccc1OCC(N)CC. The van der Waals surface area contributed by atoms with Crippen molar-refractivity contribution in [2.24, 2.45) is 5.73 Å². The predicted molar refractivity (Wildman–Crippen MR) is 66.0 cm³/mol. The van der Waals surface area contributed by atoms with E-state index < -0.39 is 0 Å². The molecule has 2 N–H and O–H groups in total. The van der Waals surface area contributed by atoms with Crippen LogP contribution in [0.3, 0.4) is 0 Å². The van der Waals surface area contributed by atoms with Crippen molar-refractivity contribution in [3.05, 3.63) is 24.3 Å². The summed E-state index contributed by atoms with van der Waals surface area (Å²) in [7, 11) is 0. The Bertz CT molecular complexity index is 302. The molecule has 16 heavy (non-hydrogen) atoms. The molecule has 0 spiro atoms. The van der Waals surface area contributed by atoms with Crippen molar-refractivity contribution in [1.29, 1.82) is 0 Å². The number of nitrogens with two attached hydrogens (primary N) is 1. The highest BCUT2D eigenvalue weighted by Crippen LogP contribution is 2.26. The molecule has 0 radical (unpaired) electrons. The first kappa shape index (κ1) is 12.8. The smallest absolute Gasteiger partial charge is 0.161 e. The Labute approximate surface area is 97.6 Å². The van der Waals surface area contributed by atoms with Gasteiger partial charge in [0.2, 0.25) is 0 Å². The predicted octanol–water partition coefficient (Wildman–Crippen LogP) is 2.59. The number of hydrogen-bond donors (Lipinski definition) is 1. The molecule has 0 heterocycles. The molecule has 1 aromatic carbocycles. The molecule has 0 aromatic heterocycles. The molecule has 0 saturated heterocycles. The monoisotopic (exact) mass is 223 g/mol. The van der Waals surface area contributed by atoms with Gasteiger partial charge in [-0.05, 0) is 25.0 Å². The highest BCUT2D eigenvalue weighted by molar-refractivity contribution is 5.39. The van der Waals surface area contributed by atoms with Gasteiger partial charge in [-0.2, -0.15) is 0 Å². The Kier molecular flexibility index (Phi) is 5.72. The van der Waals surface area contributed by atoms with Gasteiger partial charge in [0, 0.05) is 6.04 Å². The Balaban J connectivity index is 2.56. The van der Waals surface area contributed by atoms with E-state index in [9.17, 15) is 0 Å². The minimum atomic E-state index is 0.0826. The Hall–Kier alpha value is -1.22. The minimum absolute atomic E-state index is 0.0826. The first-order valence-corrected chi connectivity index (χ1v) is 5.88. The van der Waals surface area contributed by atoms with E-state index in [0.717, 1.165) is 24.3 Å². The molecule has 0 fully saturated rings. The second kappa shape index (κ2) is 7.12. The molecule has 1 rings (SSSR count). The quantitative estimate of drug-likeness (QED) is 0.772. The van der Waals surface area contributed by atoms with Gasteiger partial charge in [-0.1, -0.05) is 26.0 Å². The fraction of sp³-hybridized carbons (Fsp3) is 0.538. The van der Waals surface area contributed by atoms with Crippen LogP contribution < -0.4 is 15.2 Å². The van der Waals surface area contributed by atoms with E-state index >= 15 is 0 Å². The lowest BCUT2D eigenvalue weighted by Crippen LogP contribution is -2.26. The lowest BCUT2D eigenvalue weighted by atomic mass is 10.2. The number of rotatable bonds is 7. The van der Waals surface area contributed by atoms with Crippen molar-refractivity contribution in [3.63, 3.8) is 0 Å². The highest BCUT2D eigenvalue weighted by Gasteiger charge is 2.05. The van der Waals surface area contributed by atoms with Gasteiger partial charge in [0.25, 0.3) is 0 Å². The zero-order chi connectivity index (χ0) is 11.8. The van der Waals surface area contributed by atoms with Gasteiger partial charge < -0.3 is 15.2 Å². The van der Waals surface area contributed by atoms with E-state index in [1.807, 2.05) is 31.2 Å². The van der Waals surface area contributed by atoms with Gasteiger partial charge in [0.15, 0.2) is 11.5 Å². The summed E-state index contributed by atoms with van der Waals surface area (Å²) < 4.78 is 11.2. The molecule has 0 amide bonds. The van der Waals surface area contributed by atoms with E-state index in [1.165, 1.54) is 0 Å². The Morgan fingerprint density at radius 3 is 2.31 bits per heavy atom. The van der Waals surface area contributed by atoms with Crippen molar-refractivity contribution in [2.75, 3.05) is 13.2 Å². The van der Waals surface area contributed by atoms with E-state index in [-0.39, 0.29) is 6.04 Å². The van der Waals surface area contributed by atoms with Crippen LogP contribution in [-0.4, -0.2) is 19.3 Å². The van der Waals surface area contributed by atoms with Crippen molar-refractivity contribution in [2.45, 2.75) is 32.7 Å². The van der Waals surface area contributed by atoms with Crippen LogP contribution in [0.2, 0.25) is 0 Å². The molecule has 3 nitrogen and oxygen atoms in total. The Morgan fingerprint density at radius 2 is 1.75 bits per heavy atom. The molecule has 0 aliphatic carbocycles. The number of para-hydroxylation sites is 2. The molecule has 90 valence electrons. The van der Waals surface area contributed by atoms with Gasteiger partial charge in [-0.25, -0.2) is 0 Å². The van der Waals surface area contributed by atoms with E-state index in [2.05, 4.69) is 6.92 Å². The summed E-state index contributed by atoms with van der Waals surface area (Å²) in [5.74, 6) is 1.58. The lowest BCUT2D eigenvalue weighted by molar-refractivity contribution is 0.253. The molecule has 0 saturated carbocycles. The molecule has 0 bridgehead atoms. The lowest BCUT2D eigenvalue weighted by Gasteiger charge is -2.14. The third-order valence-corrected chi connectivity index (χ3v) is 2.29. The van der Waals surface area contributed by atoms with Gasteiger partial charge in [0.05, 0.1) is 6.61 Å². The summed E-state index contributed by atoms with van der Waals surface area (Å²) in [5.41, 5.74) is 5.81. The second-order valence-electron chi connectivity index (χ2n) is 3.77. The maximum Gasteiger partial charge on any atom is 0.161 e. The zero-order valence-corrected chi connectivity index (χ0v) is 10.1. The van der Waals surface area contributed by atoms with Gasteiger partial charge in [0.1, 0.15) is 6.61 Å². The first-order valence-electron chi connectivity index (χ1n) is 5.88. The zero-order valence-electron chi connectivity index (χ0n) is 10.1. The minimum Gasteiger partial charge on any atom is -0.490 e. The largest absolute Gasteiger partial charge is 0.490 e. The molecule has 1 aromatic rings. The third-order valence-electron chi connectivity index (χ3n) is 2.29. The molecule has 1 atom stereocenters. The van der Waals surface area contributed by atoms with Crippen LogP contribution in [0.25, 0.3) is 0 Å². The summed E-state index contributed by atoms with van der Waals surface area (Å²) >= 11 is 0. The summed E-state index contributed by atoms with van der Waals surface area (Å²) in [5, 5.41) is 0. The van der Waals surface area contributed by atoms with Gasteiger partial charge in [-0.15, -0.1) is 0 Å². The Morgan fingerprint density at radius 1 is 1.12 bits per heavy atom. The summed E-state index contributed by atoms with van der Waals surface area (Å²) in [4.78, 5) is 0. The maximum absolute atomic E-state index is 5.81. The van der Waals surface area contributed by atoms with E-state index in [0.29, 0.717) is 13.2 Å². The fourth-order valence-corrected chi connectivity index (χ4v) is 1.22. The normalized spacial score (nSPS) is 12.2. The molecular weight excluding hydrogens is 202 g/mol. The topological polar surface area (TPSA) is 44.5 Å². The summed E-state index contributed by atoms with van der Waals surface area (Å²) in [6, 6.07) is 7.79. The van der Waals surface area contributed by atoms with Crippen LogP contribution in [0.4, 0.5) is 0 Å². The van der Waals surface area contributed by atoms with Crippen molar-refractivity contribution < 1.29 is 9.47 Å². The van der Waals surface area contributed by atoms with Crippen LogP contribution in [-0.2, 0) is 0 Å². The second-order valence-corrected chi connectivity index (χ2v) is 3.77. The van der Waals surface area contributed by atoms with E-state index in [1.54, 1.807) is 0 Å². The first-order chi connectivity index (χ1) is 7.77.